The Bertz CT molecular complexity index is 843. The van der Waals surface area contributed by atoms with Crippen LogP contribution in [0.25, 0.3) is 0 Å². The van der Waals surface area contributed by atoms with Crippen molar-refractivity contribution >= 4 is 21.6 Å². The zero-order valence-corrected chi connectivity index (χ0v) is 15.4. The van der Waals surface area contributed by atoms with Crippen LogP contribution < -0.4 is 9.62 Å². The number of methoxy groups -OCH3 is 1. The lowest BCUT2D eigenvalue weighted by atomic mass is 10.3. The number of amides is 1. The molecule has 0 spiro atoms. The monoisotopic (exact) mass is 380 g/mol. The van der Waals surface area contributed by atoms with E-state index in [0.29, 0.717) is 0 Å². The largest absolute Gasteiger partial charge is 0.383 e. The molecule has 0 aliphatic heterocycles. The minimum absolute atomic E-state index is 0.0269. The van der Waals surface area contributed by atoms with E-state index in [0.717, 1.165) is 10.4 Å². The second-order valence-corrected chi connectivity index (χ2v) is 7.56. The molecule has 0 aliphatic carbocycles. The number of nitrogens with zero attached hydrogens (tertiary/aromatic N) is 1. The van der Waals surface area contributed by atoms with Crippen molar-refractivity contribution < 1.29 is 22.3 Å². The van der Waals surface area contributed by atoms with E-state index in [9.17, 15) is 17.6 Å². The Morgan fingerprint density at radius 2 is 1.77 bits per heavy atom. The predicted molar refractivity (Wildman–Crippen MR) is 96.9 cm³/mol. The lowest BCUT2D eigenvalue weighted by molar-refractivity contribution is -0.120. The third-order valence-corrected chi connectivity index (χ3v) is 5.34. The first-order chi connectivity index (χ1) is 12.4. The first-order valence-corrected chi connectivity index (χ1v) is 9.41. The van der Waals surface area contributed by atoms with Gasteiger partial charge in [-0.3, -0.25) is 9.10 Å². The average molecular weight is 380 g/mol. The number of ether oxygens (including phenoxy) is 1. The van der Waals surface area contributed by atoms with Crippen molar-refractivity contribution in [3.05, 3.63) is 60.4 Å². The fourth-order valence-corrected chi connectivity index (χ4v) is 3.87. The zero-order chi connectivity index (χ0) is 19.2. The molecule has 1 amide bonds. The van der Waals surface area contributed by atoms with Crippen LogP contribution in [0, 0.1) is 5.82 Å². The van der Waals surface area contributed by atoms with Gasteiger partial charge in [-0.1, -0.05) is 30.3 Å². The van der Waals surface area contributed by atoms with Crippen LogP contribution in [0.15, 0.2) is 59.5 Å². The van der Waals surface area contributed by atoms with Crippen LogP contribution in [0.3, 0.4) is 0 Å². The van der Waals surface area contributed by atoms with E-state index in [1.807, 2.05) is 0 Å². The molecule has 0 heterocycles. The molecule has 140 valence electrons. The Morgan fingerprint density at radius 1 is 1.15 bits per heavy atom. The topological polar surface area (TPSA) is 75.7 Å². The maximum Gasteiger partial charge on any atom is 0.264 e. The number of hydrogen-bond acceptors (Lipinski definition) is 4. The highest BCUT2D eigenvalue weighted by Gasteiger charge is 2.29. The molecule has 2 aromatic rings. The van der Waals surface area contributed by atoms with Crippen molar-refractivity contribution in [2.24, 2.45) is 0 Å². The highest BCUT2D eigenvalue weighted by Crippen LogP contribution is 2.25. The fraction of sp³-hybridized carbons (Fsp3) is 0.278. The fourth-order valence-electron chi connectivity index (χ4n) is 2.42. The number of sulfonamides is 1. The van der Waals surface area contributed by atoms with Gasteiger partial charge in [0.15, 0.2) is 0 Å². The van der Waals surface area contributed by atoms with Gasteiger partial charge in [0.25, 0.3) is 10.0 Å². The van der Waals surface area contributed by atoms with Crippen LogP contribution in [-0.2, 0) is 19.6 Å². The SMILES string of the molecule is COC[C@H](C)NC(=O)CN(c1ccccc1F)S(=O)(=O)c1ccccc1. The van der Waals surface area contributed by atoms with Crippen molar-refractivity contribution in [1.29, 1.82) is 0 Å². The summed E-state index contributed by atoms with van der Waals surface area (Å²) in [5.74, 6) is -1.29. The van der Waals surface area contributed by atoms with Gasteiger partial charge in [0.1, 0.15) is 12.4 Å². The van der Waals surface area contributed by atoms with E-state index in [2.05, 4.69) is 5.32 Å². The molecule has 8 heteroatoms. The average Bonchev–Trinajstić information content (AvgIpc) is 2.61. The Morgan fingerprint density at radius 3 is 2.38 bits per heavy atom. The lowest BCUT2D eigenvalue weighted by Gasteiger charge is -2.25. The number of anilines is 1. The molecule has 0 radical (unpaired) electrons. The van der Waals surface area contributed by atoms with E-state index in [-0.39, 0.29) is 23.2 Å². The molecule has 0 saturated carbocycles. The molecule has 0 aromatic heterocycles. The summed E-state index contributed by atoms with van der Waals surface area (Å²) < 4.78 is 45.9. The summed E-state index contributed by atoms with van der Waals surface area (Å²) in [4.78, 5) is 12.3. The maximum absolute atomic E-state index is 14.3. The Labute approximate surface area is 152 Å². The van der Waals surface area contributed by atoms with E-state index >= 15 is 0 Å². The molecular weight excluding hydrogens is 359 g/mol. The molecular formula is C18H21FN2O4S. The summed E-state index contributed by atoms with van der Waals surface area (Å²) in [5, 5.41) is 2.63. The van der Waals surface area contributed by atoms with Gasteiger partial charge in [-0.25, -0.2) is 12.8 Å². The summed E-state index contributed by atoms with van der Waals surface area (Å²) in [6.07, 6.45) is 0. The molecule has 0 unspecified atom stereocenters. The highest BCUT2D eigenvalue weighted by atomic mass is 32.2. The lowest BCUT2D eigenvalue weighted by Crippen LogP contribution is -2.45. The van der Waals surface area contributed by atoms with Crippen LogP contribution in [0.2, 0.25) is 0 Å². The van der Waals surface area contributed by atoms with Crippen LogP contribution in [-0.4, -0.2) is 40.6 Å². The van der Waals surface area contributed by atoms with Gasteiger partial charge in [0.05, 0.1) is 17.2 Å². The highest BCUT2D eigenvalue weighted by molar-refractivity contribution is 7.92. The van der Waals surface area contributed by atoms with Gasteiger partial charge >= 0.3 is 0 Å². The van der Waals surface area contributed by atoms with Crippen molar-refractivity contribution in [2.75, 3.05) is 24.6 Å². The third-order valence-electron chi connectivity index (χ3n) is 3.56. The van der Waals surface area contributed by atoms with Crippen LogP contribution in [0.1, 0.15) is 6.92 Å². The predicted octanol–water partition coefficient (Wildman–Crippen LogP) is 2.17. The number of carbonyl (C=O) groups excluding carboxylic acids is 1. The van der Waals surface area contributed by atoms with E-state index in [4.69, 9.17) is 4.74 Å². The molecule has 0 aliphatic rings. The quantitative estimate of drug-likeness (QED) is 0.762. The van der Waals surface area contributed by atoms with Crippen LogP contribution in [0.5, 0.6) is 0 Å². The minimum atomic E-state index is -4.12. The molecule has 1 atom stereocenters. The molecule has 0 bridgehead atoms. The van der Waals surface area contributed by atoms with Crippen LogP contribution >= 0.6 is 0 Å². The van der Waals surface area contributed by atoms with Gasteiger partial charge < -0.3 is 10.1 Å². The van der Waals surface area contributed by atoms with E-state index in [1.54, 1.807) is 25.1 Å². The molecule has 0 saturated heterocycles. The van der Waals surface area contributed by atoms with Gasteiger partial charge in [-0.2, -0.15) is 0 Å². The smallest absolute Gasteiger partial charge is 0.264 e. The van der Waals surface area contributed by atoms with Crippen molar-refractivity contribution in [3.8, 4) is 0 Å². The number of rotatable bonds is 8. The number of para-hydroxylation sites is 1. The molecule has 2 aromatic carbocycles. The van der Waals surface area contributed by atoms with E-state index in [1.165, 1.54) is 37.4 Å². The Hall–Kier alpha value is -2.45. The second-order valence-electron chi connectivity index (χ2n) is 5.70. The first kappa shape index (κ1) is 19.9. The first-order valence-electron chi connectivity index (χ1n) is 7.97. The van der Waals surface area contributed by atoms with Crippen molar-refractivity contribution in [3.63, 3.8) is 0 Å². The van der Waals surface area contributed by atoms with Gasteiger partial charge in [-0.05, 0) is 31.2 Å². The standard InChI is InChI=1S/C18H21FN2O4S/c1-14(13-25-2)20-18(22)12-21(17-11-7-6-10-16(17)19)26(23,24)15-8-4-3-5-9-15/h3-11,14H,12-13H2,1-2H3,(H,20,22)/t14-/m0/s1. The zero-order valence-electron chi connectivity index (χ0n) is 14.6. The minimum Gasteiger partial charge on any atom is -0.383 e. The Kier molecular flexibility index (Phi) is 6.70. The number of hydrogen-bond donors (Lipinski definition) is 1. The Balaban J connectivity index is 2.38. The molecule has 26 heavy (non-hydrogen) atoms. The molecule has 2 rings (SSSR count). The maximum atomic E-state index is 14.3. The van der Waals surface area contributed by atoms with Gasteiger partial charge in [0, 0.05) is 13.2 Å². The van der Waals surface area contributed by atoms with E-state index < -0.39 is 28.3 Å². The van der Waals surface area contributed by atoms with Gasteiger partial charge in [0.2, 0.25) is 5.91 Å². The van der Waals surface area contributed by atoms with Crippen LogP contribution in [0.4, 0.5) is 10.1 Å². The molecule has 0 fully saturated rings. The summed E-state index contributed by atoms with van der Waals surface area (Å²) in [6, 6.07) is 12.7. The number of carbonyl (C=O) groups is 1. The third kappa shape index (κ3) is 4.80. The number of benzene rings is 2. The second kappa shape index (κ2) is 8.77. The van der Waals surface area contributed by atoms with Gasteiger partial charge in [-0.15, -0.1) is 0 Å². The van der Waals surface area contributed by atoms with Crippen molar-refractivity contribution in [2.45, 2.75) is 17.9 Å². The van der Waals surface area contributed by atoms with Crippen molar-refractivity contribution in [1.82, 2.24) is 5.32 Å². The summed E-state index contributed by atoms with van der Waals surface area (Å²) in [5.41, 5.74) is -0.189. The number of nitrogens with one attached hydrogen (secondary N) is 1. The summed E-state index contributed by atoms with van der Waals surface area (Å²) >= 11 is 0. The normalized spacial score (nSPS) is 12.4. The summed E-state index contributed by atoms with van der Waals surface area (Å²) in [7, 11) is -2.62. The number of halogens is 1. The molecule has 6 nitrogen and oxygen atoms in total. The molecule has 1 N–H and O–H groups in total. The summed E-state index contributed by atoms with van der Waals surface area (Å²) in [6.45, 7) is 1.45.